The van der Waals surface area contributed by atoms with Gasteiger partial charge >= 0.3 is 0 Å². The first-order chi connectivity index (χ1) is 11.3. The maximum Gasteiger partial charge on any atom is 0.270 e. The van der Waals surface area contributed by atoms with Crippen LogP contribution in [0.25, 0.3) is 0 Å². The number of hydrogen-bond acceptors (Lipinski definition) is 5. The Bertz CT molecular complexity index is 506. The first-order valence-electron chi connectivity index (χ1n) is 8.83. The Balaban J connectivity index is 1.45. The third-order valence-corrected chi connectivity index (χ3v) is 6.78. The number of likely N-dealkylation sites (tertiary alicyclic amines) is 1. The van der Waals surface area contributed by atoms with Crippen molar-refractivity contribution in [1.82, 2.24) is 15.2 Å². The van der Waals surface area contributed by atoms with Crippen molar-refractivity contribution < 1.29 is 4.79 Å². The van der Waals surface area contributed by atoms with Gasteiger partial charge in [0, 0.05) is 30.6 Å². The van der Waals surface area contributed by atoms with Crippen LogP contribution in [0, 0.1) is 0 Å². The van der Waals surface area contributed by atoms with E-state index in [0.717, 1.165) is 49.8 Å². The van der Waals surface area contributed by atoms with Gasteiger partial charge in [0.2, 0.25) is 0 Å². The van der Waals surface area contributed by atoms with Crippen LogP contribution in [0.5, 0.6) is 0 Å². The molecule has 1 N–H and O–H groups in total. The van der Waals surface area contributed by atoms with Gasteiger partial charge in [0.25, 0.3) is 5.91 Å². The molecule has 4 nitrogen and oxygen atoms in total. The minimum atomic E-state index is 0.0103. The lowest BCUT2D eigenvalue weighted by atomic mass is 10.0. The number of hydrogen-bond donors (Lipinski definition) is 1. The fraction of sp³-hybridized carbons (Fsp3) is 0.765. The van der Waals surface area contributed by atoms with E-state index in [1.165, 1.54) is 24.3 Å². The minimum absolute atomic E-state index is 0.0103. The molecule has 128 valence electrons. The molecule has 1 aromatic rings. The van der Waals surface area contributed by atoms with Crippen molar-refractivity contribution in [2.24, 2.45) is 0 Å². The molecule has 0 unspecified atom stereocenters. The SMILES string of the molecule is CCCc1nc(C(=O)NC2CCN(C3CCSCC3)CC2)cs1. The zero-order valence-electron chi connectivity index (χ0n) is 13.9. The molecule has 2 aliphatic heterocycles. The molecule has 0 radical (unpaired) electrons. The molecule has 6 heteroatoms. The number of thiazole rings is 1. The Labute approximate surface area is 147 Å². The summed E-state index contributed by atoms with van der Waals surface area (Å²) in [5.41, 5.74) is 0.602. The van der Waals surface area contributed by atoms with Gasteiger partial charge in [-0.05, 0) is 50.0 Å². The lowest BCUT2D eigenvalue weighted by Gasteiger charge is -2.39. The summed E-state index contributed by atoms with van der Waals surface area (Å²) in [4.78, 5) is 19.4. The number of amides is 1. The monoisotopic (exact) mass is 353 g/mol. The van der Waals surface area contributed by atoms with Crippen LogP contribution in [0.1, 0.15) is 54.5 Å². The van der Waals surface area contributed by atoms with Crippen LogP contribution in [0.15, 0.2) is 5.38 Å². The summed E-state index contributed by atoms with van der Waals surface area (Å²) in [7, 11) is 0. The predicted molar refractivity (Wildman–Crippen MR) is 98.5 cm³/mol. The minimum Gasteiger partial charge on any atom is -0.348 e. The van der Waals surface area contributed by atoms with Gasteiger partial charge in [-0.1, -0.05) is 6.92 Å². The number of carbonyl (C=O) groups is 1. The molecule has 0 aliphatic carbocycles. The number of aryl methyl sites for hydroxylation is 1. The summed E-state index contributed by atoms with van der Waals surface area (Å²) in [6.07, 6.45) is 6.85. The largest absolute Gasteiger partial charge is 0.348 e. The fourth-order valence-corrected chi connectivity index (χ4v) is 5.42. The number of carbonyl (C=O) groups excluding carboxylic acids is 1. The topological polar surface area (TPSA) is 45.2 Å². The summed E-state index contributed by atoms with van der Waals surface area (Å²) in [6, 6.07) is 1.09. The summed E-state index contributed by atoms with van der Waals surface area (Å²) in [5, 5.41) is 6.16. The van der Waals surface area contributed by atoms with Crippen molar-refractivity contribution in [2.45, 2.75) is 57.5 Å². The molecule has 1 aromatic heterocycles. The second-order valence-corrected chi connectivity index (χ2v) is 8.67. The number of thioether (sulfide) groups is 1. The molecular formula is C17H27N3OS2. The highest BCUT2D eigenvalue weighted by Gasteiger charge is 2.27. The smallest absolute Gasteiger partial charge is 0.270 e. The van der Waals surface area contributed by atoms with Gasteiger partial charge in [0.1, 0.15) is 5.69 Å². The molecule has 2 aliphatic rings. The molecular weight excluding hydrogens is 326 g/mol. The van der Waals surface area contributed by atoms with Crippen LogP contribution in [0.4, 0.5) is 0 Å². The van der Waals surface area contributed by atoms with Crippen molar-refractivity contribution >= 4 is 29.0 Å². The van der Waals surface area contributed by atoms with Gasteiger partial charge in [-0.25, -0.2) is 4.98 Å². The van der Waals surface area contributed by atoms with Crippen molar-refractivity contribution in [3.05, 3.63) is 16.1 Å². The number of nitrogens with one attached hydrogen (secondary N) is 1. The Morgan fingerprint density at radius 2 is 2.04 bits per heavy atom. The Kier molecular flexibility index (Phi) is 6.36. The summed E-state index contributed by atoms with van der Waals surface area (Å²) < 4.78 is 0. The summed E-state index contributed by atoms with van der Waals surface area (Å²) in [5.74, 6) is 2.63. The molecule has 2 fully saturated rings. The molecule has 0 spiro atoms. The number of nitrogens with zero attached hydrogens (tertiary/aromatic N) is 2. The molecule has 3 heterocycles. The van der Waals surface area contributed by atoms with E-state index in [1.54, 1.807) is 11.3 Å². The molecule has 2 saturated heterocycles. The van der Waals surface area contributed by atoms with Crippen molar-refractivity contribution in [1.29, 1.82) is 0 Å². The van der Waals surface area contributed by atoms with Crippen molar-refractivity contribution in [2.75, 3.05) is 24.6 Å². The van der Waals surface area contributed by atoms with Gasteiger partial charge < -0.3 is 10.2 Å². The average Bonchev–Trinajstić information content (AvgIpc) is 3.06. The second kappa shape index (κ2) is 8.49. The first-order valence-corrected chi connectivity index (χ1v) is 10.9. The van der Waals surface area contributed by atoms with Gasteiger partial charge in [-0.2, -0.15) is 11.8 Å². The van der Waals surface area contributed by atoms with Crippen molar-refractivity contribution in [3.63, 3.8) is 0 Å². The fourth-order valence-electron chi connectivity index (χ4n) is 3.46. The average molecular weight is 354 g/mol. The highest BCUT2D eigenvalue weighted by molar-refractivity contribution is 7.99. The molecule has 23 heavy (non-hydrogen) atoms. The van der Waals surface area contributed by atoms with E-state index in [-0.39, 0.29) is 5.91 Å². The van der Waals surface area contributed by atoms with Crippen LogP contribution in [0.2, 0.25) is 0 Å². The normalized spacial score (nSPS) is 21.4. The molecule has 0 atom stereocenters. The second-order valence-electron chi connectivity index (χ2n) is 6.50. The van der Waals surface area contributed by atoms with E-state index in [0.29, 0.717) is 11.7 Å². The number of rotatable bonds is 5. The zero-order valence-corrected chi connectivity index (χ0v) is 15.6. The van der Waals surface area contributed by atoms with Crippen LogP contribution in [0.3, 0.4) is 0 Å². The van der Waals surface area contributed by atoms with Gasteiger partial charge in [-0.3, -0.25) is 4.79 Å². The van der Waals surface area contributed by atoms with E-state index in [4.69, 9.17) is 0 Å². The van der Waals surface area contributed by atoms with E-state index < -0.39 is 0 Å². The standard InChI is InChI=1S/C17H27N3OS2/c1-2-3-16-19-15(12-23-16)17(21)18-13-4-8-20(9-5-13)14-6-10-22-11-7-14/h12-14H,2-11H2,1H3,(H,18,21). The van der Waals surface area contributed by atoms with E-state index in [1.807, 2.05) is 5.38 Å². The van der Waals surface area contributed by atoms with E-state index in [2.05, 4.69) is 33.9 Å². The predicted octanol–water partition coefficient (Wildman–Crippen LogP) is 3.19. The third kappa shape index (κ3) is 4.70. The van der Waals surface area contributed by atoms with Gasteiger partial charge in [0.05, 0.1) is 5.01 Å². The maximum absolute atomic E-state index is 12.3. The first kappa shape index (κ1) is 17.2. The summed E-state index contributed by atoms with van der Waals surface area (Å²) >= 11 is 3.69. The number of aromatic nitrogens is 1. The van der Waals surface area contributed by atoms with Crippen LogP contribution < -0.4 is 5.32 Å². The van der Waals surface area contributed by atoms with E-state index in [9.17, 15) is 4.79 Å². The van der Waals surface area contributed by atoms with E-state index >= 15 is 0 Å². The highest BCUT2D eigenvalue weighted by atomic mass is 32.2. The zero-order chi connectivity index (χ0) is 16.1. The number of piperidine rings is 1. The Morgan fingerprint density at radius 1 is 1.30 bits per heavy atom. The Hall–Kier alpha value is -0.590. The third-order valence-electron chi connectivity index (χ3n) is 4.82. The maximum atomic E-state index is 12.3. The molecule has 0 bridgehead atoms. The quantitative estimate of drug-likeness (QED) is 0.883. The molecule has 0 aromatic carbocycles. The molecule has 3 rings (SSSR count). The lowest BCUT2D eigenvalue weighted by molar-refractivity contribution is 0.0882. The Morgan fingerprint density at radius 3 is 2.74 bits per heavy atom. The highest BCUT2D eigenvalue weighted by Crippen LogP contribution is 2.24. The van der Waals surface area contributed by atoms with Gasteiger partial charge in [-0.15, -0.1) is 11.3 Å². The summed E-state index contributed by atoms with van der Waals surface area (Å²) in [6.45, 7) is 4.39. The lowest BCUT2D eigenvalue weighted by Crippen LogP contribution is -2.48. The van der Waals surface area contributed by atoms with Crippen LogP contribution in [-0.2, 0) is 6.42 Å². The molecule has 1 amide bonds. The molecule has 0 saturated carbocycles. The van der Waals surface area contributed by atoms with Crippen LogP contribution >= 0.6 is 23.1 Å². The van der Waals surface area contributed by atoms with Crippen molar-refractivity contribution in [3.8, 4) is 0 Å². The van der Waals surface area contributed by atoms with Gasteiger partial charge in [0.15, 0.2) is 0 Å². The van der Waals surface area contributed by atoms with Crippen LogP contribution in [-0.4, -0.2) is 52.5 Å².